The normalized spacial score (nSPS) is 11.3. The number of hydrogen-bond acceptors (Lipinski definition) is 0. The lowest BCUT2D eigenvalue weighted by Gasteiger charge is -1.95. The van der Waals surface area contributed by atoms with Crippen LogP contribution in [0.4, 0.5) is 0 Å². The van der Waals surface area contributed by atoms with Crippen LogP contribution in [0.3, 0.4) is 0 Å². The monoisotopic (exact) mass is 272 g/mol. The van der Waals surface area contributed by atoms with Crippen LogP contribution < -0.4 is 0 Å². The topological polar surface area (TPSA) is 0 Å². The Balaban J connectivity index is 2.71. The van der Waals surface area contributed by atoms with Crippen LogP contribution in [-0.2, 0) is 0 Å². The predicted octanol–water partition coefficient (Wildman–Crippen LogP) is 3.96. The molecular weight excluding hydrogens is 259 g/mol. The molecule has 12 heavy (non-hydrogen) atoms. The summed E-state index contributed by atoms with van der Waals surface area (Å²) in [7, 11) is 0. The van der Waals surface area contributed by atoms with Gasteiger partial charge in [-0.2, -0.15) is 0 Å². The van der Waals surface area contributed by atoms with Crippen molar-refractivity contribution in [1.29, 1.82) is 0 Å². The van der Waals surface area contributed by atoms with Gasteiger partial charge in [-0.15, -0.1) is 0 Å². The summed E-state index contributed by atoms with van der Waals surface area (Å²) in [4.78, 5) is 0. The molecule has 0 aromatic heterocycles. The molecule has 0 heterocycles. The van der Waals surface area contributed by atoms with Gasteiger partial charge in [0.05, 0.1) is 0 Å². The van der Waals surface area contributed by atoms with Gasteiger partial charge in [0.15, 0.2) is 0 Å². The van der Waals surface area contributed by atoms with E-state index in [9.17, 15) is 0 Å². The first-order valence-corrected chi connectivity index (χ1v) is 5.20. The molecule has 1 aromatic rings. The average Bonchev–Trinajstić information content (AvgIpc) is 2.03. The molecule has 0 unspecified atom stereocenters. The molecule has 0 amide bonds. The minimum Gasteiger partial charge on any atom is -0.0814 e. The first-order chi connectivity index (χ1) is 5.68. The molecule has 1 aromatic carbocycles. The fourth-order valence-electron chi connectivity index (χ4n) is 0.877. The van der Waals surface area contributed by atoms with Crippen LogP contribution in [0.1, 0.15) is 19.4 Å². The smallest absolute Gasteiger partial charge is 0.0130 e. The quantitative estimate of drug-likeness (QED) is 0.715. The zero-order valence-corrected chi connectivity index (χ0v) is 9.58. The number of benzene rings is 1. The third-order valence-corrected chi connectivity index (χ3v) is 2.26. The fourth-order valence-corrected chi connectivity index (χ4v) is 1.24. The van der Waals surface area contributed by atoms with E-state index in [-0.39, 0.29) is 0 Å². The Morgan fingerprint density at radius 2 is 1.75 bits per heavy atom. The molecule has 1 rings (SSSR count). The van der Waals surface area contributed by atoms with Gasteiger partial charge in [-0.25, -0.2) is 0 Å². The van der Waals surface area contributed by atoms with Gasteiger partial charge in [-0.3, -0.25) is 0 Å². The highest BCUT2D eigenvalue weighted by molar-refractivity contribution is 14.1. The first-order valence-electron chi connectivity index (χ1n) is 4.12. The number of hydrogen-bond donors (Lipinski definition) is 0. The van der Waals surface area contributed by atoms with Crippen LogP contribution in [-0.4, -0.2) is 0 Å². The van der Waals surface area contributed by atoms with Gasteiger partial charge in [0.1, 0.15) is 0 Å². The second kappa shape index (κ2) is 4.65. The van der Waals surface area contributed by atoms with Crippen molar-refractivity contribution >= 4 is 28.7 Å². The molecule has 0 aliphatic rings. The SMILES string of the molecule is CC(C)/C=C/c1ccc(I)cc1. The lowest BCUT2D eigenvalue weighted by atomic mass is 10.1. The molecule has 64 valence electrons. The van der Waals surface area contributed by atoms with Gasteiger partial charge < -0.3 is 0 Å². The summed E-state index contributed by atoms with van der Waals surface area (Å²) >= 11 is 2.31. The van der Waals surface area contributed by atoms with Gasteiger partial charge in [0.2, 0.25) is 0 Å². The fraction of sp³-hybridized carbons (Fsp3) is 0.273. The van der Waals surface area contributed by atoms with Crippen LogP contribution >= 0.6 is 22.6 Å². The zero-order chi connectivity index (χ0) is 8.97. The molecule has 0 radical (unpaired) electrons. The molecule has 0 aliphatic heterocycles. The van der Waals surface area contributed by atoms with Crippen molar-refractivity contribution in [3.63, 3.8) is 0 Å². The van der Waals surface area contributed by atoms with E-state index in [1.807, 2.05) is 0 Å². The maximum atomic E-state index is 2.31. The highest BCUT2D eigenvalue weighted by Crippen LogP contribution is 2.09. The second-order valence-corrected chi connectivity index (χ2v) is 4.40. The van der Waals surface area contributed by atoms with E-state index in [4.69, 9.17) is 0 Å². The summed E-state index contributed by atoms with van der Waals surface area (Å²) < 4.78 is 1.29. The molecule has 0 atom stereocenters. The van der Waals surface area contributed by atoms with Crippen LogP contribution in [0.2, 0.25) is 0 Å². The van der Waals surface area contributed by atoms with Crippen molar-refractivity contribution < 1.29 is 0 Å². The summed E-state index contributed by atoms with van der Waals surface area (Å²) in [5, 5.41) is 0. The molecular formula is C11H13I. The minimum absolute atomic E-state index is 0.629. The minimum atomic E-state index is 0.629. The molecule has 0 saturated carbocycles. The van der Waals surface area contributed by atoms with Crippen LogP contribution in [0, 0.1) is 9.49 Å². The maximum absolute atomic E-state index is 2.31. The van der Waals surface area contributed by atoms with E-state index in [0.717, 1.165) is 0 Å². The van der Waals surface area contributed by atoms with Crippen molar-refractivity contribution in [2.45, 2.75) is 13.8 Å². The van der Waals surface area contributed by atoms with E-state index in [2.05, 4.69) is 72.9 Å². The van der Waals surface area contributed by atoms with Gasteiger partial charge in [0.25, 0.3) is 0 Å². The Kier molecular flexibility index (Phi) is 3.79. The average molecular weight is 272 g/mol. The van der Waals surface area contributed by atoms with Crippen LogP contribution in [0.15, 0.2) is 30.3 Å². The Morgan fingerprint density at radius 1 is 1.17 bits per heavy atom. The van der Waals surface area contributed by atoms with E-state index in [1.54, 1.807) is 0 Å². The molecule has 0 spiro atoms. The van der Waals surface area contributed by atoms with Crippen molar-refractivity contribution in [2.75, 3.05) is 0 Å². The highest BCUT2D eigenvalue weighted by Gasteiger charge is 1.88. The molecule has 0 saturated heterocycles. The van der Waals surface area contributed by atoms with Gasteiger partial charge in [0, 0.05) is 3.57 Å². The first kappa shape index (κ1) is 9.78. The number of allylic oxidation sites excluding steroid dienone is 1. The Morgan fingerprint density at radius 3 is 2.25 bits per heavy atom. The summed E-state index contributed by atoms with van der Waals surface area (Å²) in [6.07, 6.45) is 4.38. The Labute approximate surface area is 87.8 Å². The van der Waals surface area contributed by atoms with Gasteiger partial charge in [-0.05, 0) is 46.2 Å². The third-order valence-electron chi connectivity index (χ3n) is 1.54. The van der Waals surface area contributed by atoms with Gasteiger partial charge in [-0.1, -0.05) is 38.1 Å². The standard InChI is InChI=1S/C11H13I/c1-9(2)3-4-10-5-7-11(12)8-6-10/h3-9H,1-2H3/b4-3+. The third kappa shape index (κ3) is 3.39. The summed E-state index contributed by atoms with van der Waals surface area (Å²) in [6, 6.07) is 8.53. The van der Waals surface area contributed by atoms with Crippen molar-refractivity contribution in [1.82, 2.24) is 0 Å². The van der Waals surface area contributed by atoms with Crippen LogP contribution in [0.5, 0.6) is 0 Å². The number of rotatable bonds is 2. The summed E-state index contributed by atoms with van der Waals surface area (Å²) in [5.74, 6) is 0.629. The number of halogens is 1. The molecule has 0 N–H and O–H groups in total. The molecule has 0 fully saturated rings. The second-order valence-electron chi connectivity index (χ2n) is 3.15. The molecule has 0 aliphatic carbocycles. The molecule has 0 nitrogen and oxygen atoms in total. The maximum Gasteiger partial charge on any atom is 0.0130 e. The van der Waals surface area contributed by atoms with E-state index >= 15 is 0 Å². The molecule has 1 heteroatoms. The Bertz CT molecular complexity index is 257. The predicted molar refractivity (Wildman–Crippen MR) is 63.0 cm³/mol. The summed E-state index contributed by atoms with van der Waals surface area (Å²) in [6.45, 7) is 4.37. The van der Waals surface area contributed by atoms with Gasteiger partial charge >= 0.3 is 0 Å². The van der Waals surface area contributed by atoms with Crippen LogP contribution in [0.25, 0.3) is 6.08 Å². The summed E-state index contributed by atoms with van der Waals surface area (Å²) in [5.41, 5.74) is 1.28. The van der Waals surface area contributed by atoms with E-state index < -0.39 is 0 Å². The largest absolute Gasteiger partial charge is 0.0814 e. The van der Waals surface area contributed by atoms with E-state index in [0.29, 0.717) is 5.92 Å². The lowest BCUT2D eigenvalue weighted by molar-refractivity contribution is 0.836. The van der Waals surface area contributed by atoms with E-state index in [1.165, 1.54) is 9.13 Å². The lowest BCUT2D eigenvalue weighted by Crippen LogP contribution is -1.78. The Hall–Kier alpha value is -0.310. The van der Waals surface area contributed by atoms with Crippen molar-refractivity contribution in [3.05, 3.63) is 39.5 Å². The highest BCUT2D eigenvalue weighted by atomic mass is 127. The molecule has 0 bridgehead atoms. The van der Waals surface area contributed by atoms with Crippen molar-refractivity contribution in [2.24, 2.45) is 5.92 Å². The zero-order valence-electron chi connectivity index (χ0n) is 7.42. The van der Waals surface area contributed by atoms with Crippen molar-refractivity contribution in [3.8, 4) is 0 Å².